The first kappa shape index (κ1) is 25.7. The molecule has 13 heteroatoms. The Hall–Kier alpha value is -2.93. The number of anilines is 1. The zero-order chi connectivity index (χ0) is 25.2. The number of hydrogen-bond acceptors (Lipinski definition) is 10. The van der Waals surface area contributed by atoms with Gasteiger partial charge in [-0.15, -0.1) is 11.3 Å². The quantitative estimate of drug-likeness (QED) is 0.382. The summed E-state index contributed by atoms with van der Waals surface area (Å²) in [6.45, 7) is 2.87. The Morgan fingerprint density at radius 3 is 2.35 bits per heavy atom. The highest BCUT2D eigenvalue weighted by atomic mass is 35.5. The molecular weight excluding hydrogens is 508 g/mol. The van der Waals surface area contributed by atoms with Crippen LogP contribution in [0.25, 0.3) is 0 Å². The number of carbonyl (C=O) groups excluding carboxylic acids is 2. The van der Waals surface area contributed by atoms with Crippen molar-refractivity contribution in [2.45, 2.75) is 24.8 Å². The van der Waals surface area contributed by atoms with Gasteiger partial charge in [0.2, 0.25) is 5.78 Å². The predicted molar refractivity (Wildman–Crippen MR) is 125 cm³/mol. The van der Waals surface area contributed by atoms with Crippen molar-refractivity contribution in [3.63, 3.8) is 0 Å². The van der Waals surface area contributed by atoms with Crippen molar-refractivity contribution < 1.29 is 36.7 Å². The van der Waals surface area contributed by atoms with Crippen molar-refractivity contribution in [2.24, 2.45) is 0 Å². The topological polar surface area (TPSA) is 134 Å². The highest BCUT2D eigenvalue weighted by molar-refractivity contribution is 7.93. The van der Waals surface area contributed by atoms with E-state index in [0.29, 0.717) is 11.4 Å². The number of aryl methyl sites for hydroxylation is 1. The lowest BCUT2D eigenvalue weighted by Crippen LogP contribution is -2.21. The lowest BCUT2D eigenvalue weighted by Gasteiger charge is -2.20. The Bertz CT molecular complexity index is 1350. The van der Waals surface area contributed by atoms with E-state index in [9.17, 15) is 18.0 Å². The van der Waals surface area contributed by atoms with Gasteiger partial charge in [-0.3, -0.25) is 9.59 Å². The third kappa shape index (κ3) is 4.80. The standard InChI is InChI=1S/C21H21ClN2O8S2/c1-10-17(22)21(32-23-10)24-34(27,28)16-6-7-33-20(16)18(26)19(31-5)13-9-15(30-4)14(29-3)8-12(13)11(2)25/h6-9,19,24H,1-5H3. The maximum Gasteiger partial charge on any atom is 0.265 e. The molecule has 2 heterocycles. The van der Waals surface area contributed by atoms with Crippen LogP contribution in [0.5, 0.6) is 11.5 Å². The second-order valence-corrected chi connectivity index (χ2v) is 9.91. The fourth-order valence-electron chi connectivity index (χ4n) is 3.20. The Morgan fingerprint density at radius 1 is 1.18 bits per heavy atom. The molecule has 0 aliphatic rings. The third-order valence-corrected chi connectivity index (χ3v) is 7.73. The predicted octanol–water partition coefficient (Wildman–Crippen LogP) is 4.29. The highest BCUT2D eigenvalue weighted by Gasteiger charge is 2.33. The SMILES string of the molecule is COc1cc(C(C)=O)c(C(OC)C(=O)c2sccc2S(=O)(=O)Nc2onc(C)c2Cl)cc1OC. The second kappa shape index (κ2) is 10.1. The molecule has 3 aromatic rings. The van der Waals surface area contributed by atoms with Crippen molar-refractivity contribution in [1.82, 2.24) is 5.16 Å². The largest absolute Gasteiger partial charge is 0.493 e. The lowest BCUT2D eigenvalue weighted by molar-refractivity contribution is 0.0602. The van der Waals surface area contributed by atoms with Gasteiger partial charge in [-0.2, -0.15) is 0 Å². The minimum atomic E-state index is -4.27. The number of carbonyl (C=O) groups is 2. The van der Waals surface area contributed by atoms with Gasteiger partial charge in [0.25, 0.3) is 15.9 Å². The van der Waals surface area contributed by atoms with Crippen LogP contribution in [0.15, 0.2) is 33.0 Å². The second-order valence-electron chi connectivity index (χ2n) is 6.96. The molecule has 0 spiro atoms. The number of thiophene rings is 1. The van der Waals surface area contributed by atoms with Crippen molar-refractivity contribution in [2.75, 3.05) is 26.1 Å². The molecule has 1 N–H and O–H groups in total. The van der Waals surface area contributed by atoms with Gasteiger partial charge in [0.15, 0.2) is 17.3 Å². The monoisotopic (exact) mass is 528 g/mol. The van der Waals surface area contributed by atoms with Gasteiger partial charge < -0.3 is 18.7 Å². The summed E-state index contributed by atoms with van der Waals surface area (Å²) in [7, 11) is -0.174. The summed E-state index contributed by atoms with van der Waals surface area (Å²) in [5.74, 6) is -0.727. The zero-order valence-corrected chi connectivity index (χ0v) is 21.2. The van der Waals surface area contributed by atoms with Gasteiger partial charge in [-0.05, 0) is 37.4 Å². The van der Waals surface area contributed by atoms with E-state index in [1.165, 1.54) is 51.8 Å². The molecule has 0 saturated carbocycles. The smallest absolute Gasteiger partial charge is 0.265 e. The maximum absolute atomic E-state index is 13.5. The zero-order valence-electron chi connectivity index (χ0n) is 18.8. The van der Waals surface area contributed by atoms with E-state index < -0.39 is 21.9 Å². The van der Waals surface area contributed by atoms with Crippen LogP contribution in [0.1, 0.15) is 44.3 Å². The first-order chi connectivity index (χ1) is 16.0. The normalized spacial score (nSPS) is 12.3. The number of rotatable bonds is 10. The molecular formula is C21H21ClN2O8S2. The van der Waals surface area contributed by atoms with Crippen molar-refractivity contribution >= 4 is 50.4 Å². The third-order valence-electron chi connectivity index (χ3n) is 4.85. The van der Waals surface area contributed by atoms with Crippen LogP contribution in [0.3, 0.4) is 0 Å². The van der Waals surface area contributed by atoms with E-state index in [1.54, 1.807) is 6.92 Å². The number of ketones is 2. The Morgan fingerprint density at radius 2 is 1.82 bits per heavy atom. The minimum absolute atomic E-state index is 0.00197. The lowest BCUT2D eigenvalue weighted by atomic mass is 9.95. The number of halogens is 1. The van der Waals surface area contributed by atoms with E-state index in [-0.39, 0.29) is 43.3 Å². The summed E-state index contributed by atoms with van der Waals surface area (Å²) >= 11 is 6.92. The van der Waals surface area contributed by atoms with Crippen molar-refractivity contribution in [3.8, 4) is 11.5 Å². The number of methoxy groups -OCH3 is 3. The summed E-state index contributed by atoms with van der Waals surface area (Å²) in [6, 6.07) is 4.17. The van der Waals surface area contributed by atoms with Crippen LogP contribution in [0.4, 0.5) is 5.88 Å². The fraction of sp³-hybridized carbons (Fsp3) is 0.286. The molecule has 1 unspecified atom stereocenters. The molecule has 10 nitrogen and oxygen atoms in total. The average Bonchev–Trinajstić information content (AvgIpc) is 3.42. The van der Waals surface area contributed by atoms with Crippen LogP contribution in [0, 0.1) is 6.92 Å². The van der Waals surface area contributed by atoms with Crippen LogP contribution < -0.4 is 14.2 Å². The van der Waals surface area contributed by atoms with Gasteiger partial charge in [-0.25, -0.2) is 13.1 Å². The number of nitrogens with one attached hydrogen (secondary N) is 1. The van der Waals surface area contributed by atoms with Crippen LogP contribution in [-0.4, -0.2) is 46.5 Å². The van der Waals surface area contributed by atoms with Gasteiger partial charge in [0.1, 0.15) is 21.7 Å². The van der Waals surface area contributed by atoms with Gasteiger partial charge in [-0.1, -0.05) is 16.8 Å². The van der Waals surface area contributed by atoms with Crippen LogP contribution in [-0.2, 0) is 14.8 Å². The first-order valence-corrected chi connectivity index (χ1v) is 12.4. The molecule has 0 bridgehead atoms. The van der Waals surface area contributed by atoms with Crippen LogP contribution in [0.2, 0.25) is 5.02 Å². The first-order valence-electron chi connectivity index (χ1n) is 9.61. The van der Waals surface area contributed by atoms with Gasteiger partial charge in [0.05, 0.1) is 19.1 Å². The number of aromatic nitrogens is 1. The summed E-state index contributed by atoms with van der Waals surface area (Å²) < 4.78 is 49.1. The Kier molecular flexibility index (Phi) is 7.66. The van der Waals surface area contributed by atoms with Crippen molar-refractivity contribution in [1.29, 1.82) is 0 Å². The number of Topliss-reactive ketones (excluding diaryl/α,β-unsaturated/α-hetero) is 2. The molecule has 3 rings (SSSR count). The molecule has 0 amide bonds. The molecule has 0 radical (unpaired) electrons. The molecule has 2 aromatic heterocycles. The minimum Gasteiger partial charge on any atom is -0.493 e. The average molecular weight is 529 g/mol. The van der Waals surface area contributed by atoms with E-state index in [1.807, 2.05) is 0 Å². The summed E-state index contributed by atoms with van der Waals surface area (Å²) in [4.78, 5) is 25.4. The van der Waals surface area contributed by atoms with E-state index in [4.69, 9.17) is 30.3 Å². The number of nitrogens with zero attached hydrogens (tertiary/aromatic N) is 1. The number of sulfonamides is 1. The van der Waals surface area contributed by atoms with E-state index in [2.05, 4.69) is 9.88 Å². The summed E-state index contributed by atoms with van der Waals surface area (Å²) in [6.07, 6.45) is -1.30. The highest BCUT2D eigenvalue weighted by Crippen LogP contribution is 2.38. The van der Waals surface area contributed by atoms with E-state index in [0.717, 1.165) is 11.3 Å². The Balaban J connectivity index is 2.07. The maximum atomic E-state index is 13.5. The van der Waals surface area contributed by atoms with Gasteiger partial charge >= 0.3 is 0 Å². The molecule has 1 atom stereocenters. The molecule has 0 fully saturated rings. The number of ether oxygens (including phenoxy) is 3. The van der Waals surface area contributed by atoms with Gasteiger partial charge in [0, 0.05) is 18.2 Å². The molecule has 182 valence electrons. The summed E-state index contributed by atoms with van der Waals surface area (Å²) in [5.41, 5.74) is 0.669. The molecule has 0 aliphatic carbocycles. The van der Waals surface area contributed by atoms with E-state index >= 15 is 0 Å². The van der Waals surface area contributed by atoms with Crippen LogP contribution >= 0.6 is 22.9 Å². The molecule has 0 aliphatic heterocycles. The molecule has 34 heavy (non-hydrogen) atoms. The molecule has 1 aromatic carbocycles. The number of hydrogen-bond donors (Lipinski definition) is 1. The fourth-order valence-corrected chi connectivity index (χ4v) is 5.76. The Labute approximate surface area is 204 Å². The molecule has 0 saturated heterocycles. The summed E-state index contributed by atoms with van der Waals surface area (Å²) in [5, 5.41) is 5.05. The van der Waals surface area contributed by atoms with Crippen molar-refractivity contribution in [3.05, 3.63) is 50.3 Å². The number of benzene rings is 1.